The summed E-state index contributed by atoms with van der Waals surface area (Å²) in [6.07, 6.45) is 1.01. The number of benzene rings is 1. The monoisotopic (exact) mass is 223 g/mol. The first-order chi connectivity index (χ1) is 7.62. The van der Waals surface area contributed by atoms with Gasteiger partial charge in [0.05, 0.1) is 14.2 Å². The molecule has 0 atom stereocenters. The highest BCUT2D eigenvalue weighted by Gasteiger charge is 2.11. The van der Waals surface area contributed by atoms with Crippen molar-refractivity contribution in [2.45, 2.75) is 26.8 Å². The highest BCUT2D eigenvalue weighted by Crippen LogP contribution is 2.31. The van der Waals surface area contributed by atoms with E-state index in [4.69, 9.17) is 15.2 Å². The van der Waals surface area contributed by atoms with Gasteiger partial charge in [-0.3, -0.25) is 0 Å². The lowest BCUT2D eigenvalue weighted by Gasteiger charge is -2.15. The van der Waals surface area contributed by atoms with E-state index in [1.54, 1.807) is 14.2 Å². The fourth-order valence-corrected chi connectivity index (χ4v) is 1.78. The van der Waals surface area contributed by atoms with Gasteiger partial charge in [-0.25, -0.2) is 0 Å². The van der Waals surface area contributed by atoms with E-state index in [1.165, 1.54) is 5.56 Å². The molecule has 0 aliphatic heterocycles. The molecule has 1 aromatic rings. The Labute approximate surface area is 97.6 Å². The summed E-state index contributed by atoms with van der Waals surface area (Å²) in [4.78, 5) is 0. The number of methoxy groups -OCH3 is 2. The Bertz CT molecular complexity index is 348. The molecule has 0 aliphatic carbocycles. The molecule has 90 valence electrons. The Morgan fingerprint density at radius 1 is 1.06 bits per heavy atom. The van der Waals surface area contributed by atoms with Crippen LogP contribution in [0.25, 0.3) is 0 Å². The fourth-order valence-electron chi connectivity index (χ4n) is 1.78. The van der Waals surface area contributed by atoms with Gasteiger partial charge in [-0.15, -0.1) is 0 Å². The summed E-state index contributed by atoms with van der Waals surface area (Å²) in [5.74, 6) is 2.12. The van der Waals surface area contributed by atoms with E-state index in [0.29, 0.717) is 12.5 Å². The number of hydrogen-bond acceptors (Lipinski definition) is 3. The highest BCUT2D eigenvalue weighted by atomic mass is 16.5. The fraction of sp³-hybridized carbons (Fsp3) is 0.538. The van der Waals surface area contributed by atoms with Gasteiger partial charge >= 0.3 is 0 Å². The van der Waals surface area contributed by atoms with Gasteiger partial charge in [-0.05, 0) is 35.6 Å². The maximum atomic E-state index is 5.75. The van der Waals surface area contributed by atoms with E-state index in [9.17, 15) is 0 Å². The van der Waals surface area contributed by atoms with Crippen LogP contribution in [-0.2, 0) is 13.0 Å². The predicted molar refractivity (Wildman–Crippen MR) is 66.0 cm³/mol. The van der Waals surface area contributed by atoms with Crippen LogP contribution in [0.5, 0.6) is 11.5 Å². The van der Waals surface area contributed by atoms with Crippen molar-refractivity contribution in [3.05, 3.63) is 23.3 Å². The van der Waals surface area contributed by atoms with Crippen molar-refractivity contribution in [2.75, 3.05) is 14.2 Å². The molecule has 0 spiro atoms. The second kappa shape index (κ2) is 5.75. The summed E-state index contributed by atoms with van der Waals surface area (Å²) < 4.78 is 10.6. The standard InChI is InChI=1S/C13H21NO2/c1-9(2)5-10-6-12(15-3)13(16-4)7-11(10)8-14/h6-7,9H,5,8,14H2,1-4H3. The lowest BCUT2D eigenvalue weighted by atomic mass is 9.97. The molecule has 0 heterocycles. The van der Waals surface area contributed by atoms with Crippen LogP contribution < -0.4 is 15.2 Å². The summed E-state index contributed by atoms with van der Waals surface area (Å²) in [6.45, 7) is 4.91. The molecule has 0 aromatic heterocycles. The Balaban J connectivity index is 3.15. The van der Waals surface area contributed by atoms with Crippen LogP contribution in [0, 0.1) is 5.92 Å². The molecule has 0 bridgehead atoms. The number of hydrogen-bond donors (Lipinski definition) is 1. The van der Waals surface area contributed by atoms with Crippen LogP contribution in [0.1, 0.15) is 25.0 Å². The summed E-state index contributed by atoms with van der Waals surface area (Å²) >= 11 is 0. The first-order valence-electron chi connectivity index (χ1n) is 5.56. The molecule has 0 fully saturated rings. The van der Waals surface area contributed by atoms with E-state index in [-0.39, 0.29) is 0 Å². The van der Waals surface area contributed by atoms with Crippen LogP contribution in [0.4, 0.5) is 0 Å². The third-order valence-corrected chi connectivity index (χ3v) is 2.55. The highest BCUT2D eigenvalue weighted by molar-refractivity contribution is 5.47. The second-order valence-electron chi connectivity index (χ2n) is 4.28. The average molecular weight is 223 g/mol. The molecule has 0 aliphatic rings. The van der Waals surface area contributed by atoms with Gasteiger partial charge in [0.1, 0.15) is 0 Å². The maximum Gasteiger partial charge on any atom is 0.161 e. The maximum absolute atomic E-state index is 5.75. The van der Waals surface area contributed by atoms with Crippen molar-refractivity contribution in [2.24, 2.45) is 11.7 Å². The van der Waals surface area contributed by atoms with Crippen LogP contribution >= 0.6 is 0 Å². The van der Waals surface area contributed by atoms with Gasteiger partial charge in [0, 0.05) is 6.54 Å². The molecular weight excluding hydrogens is 202 g/mol. The number of nitrogens with two attached hydrogens (primary N) is 1. The average Bonchev–Trinajstić information content (AvgIpc) is 2.27. The molecule has 1 aromatic carbocycles. The molecule has 2 N–H and O–H groups in total. The van der Waals surface area contributed by atoms with Crippen molar-refractivity contribution in [1.29, 1.82) is 0 Å². The molecule has 1 rings (SSSR count). The van der Waals surface area contributed by atoms with E-state index in [0.717, 1.165) is 23.5 Å². The molecule has 16 heavy (non-hydrogen) atoms. The zero-order valence-electron chi connectivity index (χ0n) is 10.5. The zero-order valence-corrected chi connectivity index (χ0v) is 10.5. The van der Waals surface area contributed by atoms with E-state index < -0.39 is 0 Å². The summed E-state index contributed by atoms with van der Waals surface area (Å²) in [7, 11) is 3.29. The van der Waals surface area contributed by atoms with E-state index >= 15 is 0 Å². The third-order valence-electron chi connectivity index (χ3n) is 2.55. The lowest BCUT2D eigenvalue weighted by molar-refractivity contribution is 0.354. The minimum Gasteiger partial charge on any atom is -0.493 e. The molecule has 0 amide bonds. The Morgan fingerprint density at radius 3 is 1.94 bits per heavy atom. The Hall–Kier alpha value is -1.22. The summed E-state index contributed by atoms with van der Waals surface area (Å²) in [5.41, 5.74) is 8.12. The van der Waals surface area contributed by atoms with Gasteiger partial charge in [0.25, 0.3) is 0 Å². The predicted octanol–water partition coefficient (Wildman–Crippen LogP) is 2.36. The summed E-state index contributed by atoms with van der Waals surface area (Å²) in [5, 5.41) is 0. The summed E-state index contributed by atoms with van der Waals surface area (Å²) in [6, 6.07) is 4.00. The number of ether oxygens (including phenoxy) is 2. The van der Waals surface area contributed by atoms with Crippen molar-refractivity contribution < 1.29 is 9.47 Å². The zero-order chi connectivity index (χ0) is 12.1. The minimum absolute atomic E-state index is 0.530. The van der Waals surface area contributed by atoms with Crippen LogP contribution in [0.3, 0.4) is 0 Å². The van der Waals surface area contributed by atoms with E-state index in [1.807, 2.05) is 12.1 Å². The minimum atomic E-state index is 0.530. The van der Waals surface area contributed by atoms with Gasteiger partial charge in [0.15, 0.2) is 11.5 Å². The molecule has 3 heteroatoms. The van der Waals surface area contributed by atoms with Crippen molar-refractivity contribution >= 4 is 0 Å². The largest absolute Gasteiger partial charge is 0.493 e. The molecule has 0 radical (unpaired) electrons. The van der Waals surface area contributed by atoms with Gasteiger partial charge in [-0.1, -0.05) is 13.8 Å². The molecular formula is C13H21NO2. The van der Waals surface area contributed by atoms with Crippen molar-refractivity contribution in [3.8, 4) is 11.5 Å². The van der Waals surface area contributed by atoms with Crippen LogP contribution in [0.15, 0.2) is 12.1 Å². The molecule has 0 unspecified atom stereocenters. The van der Waals surface area contributed by atoms with Gasteiger partial charge in [0.2, 0.25) is 0 Å². The smallest absolute Gasteiger partial charge is 0.161 e. The molecule has 0 saturated heterocycles. The van der Waals surface area contributed by atoms with Crippen LogP contribution in [-0.4, -0.2) is 14.2 Å². The Morgan fingerprint density at radius 2 is 1.56 bits per heavy atom. The SMILES string of the molecule is COc1cc(CN)c(CC(C)C)cc1OC. The first kappa shape index (κ1) is 12.8. The normalized spacial score (nSPS) is 10.6. The van der Waals surface area contributed by atoms with Gasteiger partial charge in [-0.2, -0.15) is 0 Å². The third kappa shape index (κ3) is 2.89. The topological polar surface area (TPSA) is 44.5 Å². The molecule has 3 nitrogen and oxygen atoms in total. The lowest BCUT2D eigenvalue weighted by Crippen LogP contribution is -2.06. The van der Waals surface area contributed by atoms with Crippen molar-refractivity contribution in [3.63, 3.8) is 0 Å². The first-order valence-corrected chi connectivity index (χ1v) is 5.56. The van der Waals surface area contributed by atoms with Crippen molar-refractivity contribution in [1.82, 2.24) is 0 Å². The van der Waals surface area contributed by atoms with Crippen LogP contribution in [0.2, 0.25) is 0 Å². The number of rotatable bonds is 5. The second-order valence-corrected chi connectivity index (χ2v) is 4.28. The quantitative estimate of drug-likeness (QED) is 0.833. The Kier molecular flexibility index (Phi) is 4.62. The van der Waals surface area contributed by atoms with Gasteiger partial charge < -0.3 is 15.2 Å². The van der Waals surface area contributed by atoms with E-state index in [2.05, 4.69) is 13.8 Å². The molecule has 0 saturated carbocycles.